The number of carbonyl (C=O) groups excluding carboxylic acids is 2. The van der Waals surface area contributed by atoms with Crippen molar-refractivity contribution >= 4 is 12.0 Å². The van der Waals surface area contributed by atoms with Gasteiger partial charge in [-0.2, -0.15) is 13.2 Å². The zero-order valence-corrected chi connectivity index (χ0v) is 12.3. The topological polar surface area (TPSA) is 81.4 Å². The van der Waals surface area contributed by atoms with E-state index in [9.17, 15) is 22.8 Å². The van der Waals surface area contributed by atoms with E-state index in [2.05, 4.69) is 5.32 Å². The van der Waals surface area contributed by atoms with Gasteiger partial charge in [0.25, 0.3) is 0 Å². The van der Waals surface area contributed by atoms with E-state index >= 15 is 0 Å². The number of benzene rings is 1. The van der Waals surface area contributed by atoms with E-state index in [4.69, 9.17) is 10.5 Å². The summed E-state index contributed by atoms with van der Waals surface area (Å²) < 4.78 is 43.9. The fourth-order valence-electron chi connectivity index (χ4n) is 1.73. The summed E-state index contributed by atoms with van der Waals surface area (Å²) in [4.78, 5) is 23.2. The molecule has 0 saturated heterocycles. The number of nitrogens with two attached hydrogens (primary N) is 1. The first-order chi connectivity index (χ1) is 9.92. The highest BCUT2D eigenvalue weighted by atomic mass is 19.4. The van der Waals surface area contributed by atoms with Crippen molar-refractivity contribution in [1.29, 1.82) is 0 Å². The Morgan fingerprint density at radius 2 is 1.73 bits per heavy atom. The molecule has 22 heavy (non-hydrogen) atoms. The van der Waals surface area contributed by atoms with Crippen LogP contribution in [0.2, 0.25) is 0 Å². The van der Waals surface area contributed by atoms with Gasteiger partial charge in [-0.25, -0.2) is 4.79 Å². The van der Waals surface area contributed by atoms with Gasteiger partial charge in [0, 0.05) is 0 Å². The van der Waals surface area contributed by atoms with Crippen molar-refractivity contribution in [2.45, 2.75) is 38.6 Å². The van der Waals surface area contributed by atoms with Crippen molar-refractivity contribution in [3.8, 4) is 0 Å². The molecule has 1 rings (SSSR count). The first-order valence-electron chi connectivity index (χ1n) is 6.37. The number of primary amides is 1. The Bertz CT molecular complexity index is 565. The minimum atomic E-state index is -4.68. The van der Waals surface area contributed by atoms with Crippen molar-refractivity contribution < 1.29 is 27.5 Å². The largest absolute Gasteiger partial charge is 0.444 e. The Kier molecular flexibility index (Phi) is 5.05. The summed E-state index contributed by atoms with van der Waals surface area (Å²) in [5, 5.41) is 2.07. The zero-order chi connectivity index (χ0) is 17.1. The highest BCUT2D eigenvalue weighted by Gasteiger charge is 2.37. The van der Waals surface area contributed by atoms with Crippen LogP contribution in [0.25, 0.3) is 0 Å². The van der Waals surface area contributed by atoms with Crippen molar-refractivity contribution in [2.24, 2.45) is 5.73 Å². The summed E-state index contributed by atoms with van der Waals surface area (Å²) in [5.74, 6) is -1.12. The third-order valence-electron chi connectivity index (χ3n) is 2.52. The van der Waals surface area contributed by atoms with Gasteiger partial charge in [-0.05, 0) is 32.4 Å². The van der Waals surface area contributed by atoms with Crippen molar-refractivity contribution in [3.63, 3.8) is 0 Å². The number of hydrogen-bond donors (Lipinski definition) is 2. The molecule has 1 aromatic rings. The SMILES string of the molecule is CC(C)(C)OC(=O)NC(C(N)=O)c1ccccc1C(F)(F)F. The monoisotopic (exact) mass is 318 g/mol. The number of hydrogen-bond acceptors (Lipinski definition) is 3. The van der Waals surface area contributed by atoms with E-state index in [-0.39, 0.29) is 0 Å². The molecule has 0 saturated carbocycles. The molecule has 0 fully saturated rings. The Morgan fingerprint density at radius 1 is 1.18 bits per heavy atom. The minimum Gasteiger partial charge on any atom is -0.444 e. The molecule has 0 bridgehead atoms. The molecule has 0 aliphatic rings. The van der Waals surface area contributed by atoms with E-state index < -0.39 is 40.9 Å². The maximum absolute atomic E-state index is 13.0. The maximum atomic E-state index is 13.0. The van der Waals surface area contributed by atoms with Gasteiger partial charge >= 0.3 is 12.3 Å². The lowest BCUT2D eigenvalue weighted by Crippen LogP contribution is -2.41. The minimum absolute atomic E-state index is 0.437. The second kappa shape index (κ2) is 6.25. The number of amides is 2. The van der Waals surface area contributed by atoms with Gasteiger partial charge < -0.3 is 15.8 Å². The Morgan fingerprint density at radius 3 is 2.18 bits per heavy atom. The molecule has 1 unspecified atom stereocenters. The van der Waals surface area contributed by atoms with Crippen LogP contribution in [0.1, 0.15) is 37.9 Å². The van der Waals surface area contributed by atoms with Gasteiger partial charge in [0.1, 0.15) is 11.6 Å². The second-order valence-corrected chi connectivity index (χ2v) is 5.57. The molecule has 0 aliphatic heterocycles. The molecular weight excluding hydrogens is 301 g/mol. The standard InChI is InChI=1S/C14H17F3N2O3/c1-13(2,3)22-12(21)19-10(11(18)20)8-6-4-5-7-9(8)14(15,16)17/h4-7,10H,1-3H3,(H2,18,20)(H,19,21). The quantitative estimate of drug-likeness (QED) is 0.899. The number of nitrogens with one attached hydrogen (secondary N) is 1. The van der Waals surface area contributed by atoms with Gasteiger partial charge in [0.05, 0.1) is 5.56 Å². The smallest absolute Gasteiger partial charge is 0.416 e. The van der Waals surface area contributed by atoms with Crippen molar-refractivity contribution in [3.05, 3.63) is 35.4 Å². The molecule has 3 N–H and O–H groups in total. The molecule has 0 heterocycles. The van der Waals surface area contributed by atoms with Crippen LogP contribution in [0.5, 0.6) is 0 Å². The molecule has 5 nitrogen and oxygen atoms in total. The molecule has 1 aromatic carbocycles. The summed E-state index contributed by atoms with van der Waals surface area (Å²) in [6, 6.07) is 2.74. The van der Waals surface area contributed by atoms with Crippen LogP contribution in [0.15, 0.2) is 24.3 Å². The number of carbonyl (C=O) groups is 2. The molecule has 0 radical (unpaired) electrons. The van der Waals surface area contributed by atoms with Gasteiger partial charge in [-0.3, -0.25) is 4.79 Å². The average Bonchev–Trinajstić information content (AvgIpc) is 2.32. The number of ether oxygens (including phenoxy) is 1. The second-order valence-electron chi connectivity index (χ2n) is 5.57. The lowest BCUT2D eigenvalue weighted by Gasteiger charge is -2.24. The van der Waals surface area contributed by atoms with Crippen LogP contribution in [-0.4, -0.2) is 17.6 Å². The van der Waals surface area contributed by atoms with Gasteiger partial charge in [0.2, 0.25) is 5.91 Å². The van der Waals surface area contributed by atoms with Gasteiger partial charge in [-0.1, -0.05) is 18.2 Å². The van der Waals surface area contributed by atoms with E-state index in [0.29, 0.717) is 0 Å². The highest BCUT2D eigenvalue weighted by molar-refractivity contribution is 5.86. The molecule has 0 aromatic heterocycles. The maximum Gasteiger partial charge on any atom is 0.416 e. The van der Waals surface area contributed by atoms with Gasteiger partial charge in [-0.15, -0.1) is 0 Å². The Balaban J connectivity index is 3.13. The van der Waals surface area contributed by atoms with E-state index in [1.54, 1.807) is 20.8 Å². The number of rotatable bonds is 3. The van der Waals surface area contributed by atoms with Crippen molar-refractivity contribution in [1.82, 2.24) is 5.32 Å². The van der Waals surface area contributed by atoms with E-state index in [1.807, 2.05) is 0 Å². The lowest BCUT2D eigenvalue weighted by atomic mass is 9.99. The molecular formula is C14H17F3N2O3. The fraction of sp³-hybridized carbons (Fsp3) is 0.429. The first kappa shape index (κ1) is 17.8. The lowest BCUT2D eigenvalue weighted by molar-refractivity contribution is -0.138. The molecule has 8 heteroatoms. The van der Waals surface area contributed by atoms with E-state index in [0.717, 1.165) is 12.1 Å². The summed E-state index contributed by atoms with van der Waals surface area (Å²) in [5.41, 5.74) is 2.77. The first-order valence-corrected chi connectivity index (χ1v) is 6.37. The van der Waals surface area contributed by atoms with Crippen LogP contribution in [-0.2, 0) is 15.7 Å². The number of alkyl carbamates (subject to hydrolysis) is 1. The average molecular weight is 318 g/mol. The Hall–Kier alpha value is -2.25. The van der Waals surface area contributed by atoms with Crippen LogP contribution in [0, 0.1) is 0 Å². The van der Waals surface area contributed by atoms with Crippen LogP contribution in [0.3, 0.4) is 0 Å². The Labute approximate surface area is 125 Å². The molecule has 1 atom stereocenters. The molecule has 122 valence electrons. The van der Waals surface area contributed by atoms with Crippen LogP contribution >= 0.6 is 0 Å². The molecule has 2 amide bonds. The summed E-state index contributed by atoms with van der Waals surface area (Å²) >= 11 is 0. The van der Waals surface area contributed by atoms with E-state index in [1.165, 1.54) is 12.1 Å². The summed E-state index contributed by atoms with van der Waals surface area (Å²) in [6.07, 6.45) is -5.71. The van der Waals surface area contributed by atoms with Crippen molar-refractivity contribution in [2.75, 3.05) is 0 Å². The summed E-state index contributed by atoms with van der Waals surface area (Å²) in [7, 11) is 0. The highest BCUT2D eigenvalue weighted by Crippen LogP contribution is 2.34. The van der Waals surface area contributed by atoms with Gasteiger partial charge in [0.15, 0.2) is 0 Å². The molecule has 0 spiro atoms. The third-order valence-corrected chi connectivity index (χ3v) is 2.52. The molecule has 0 aliphatic carbocycles. The number of alkyl halides is 3. The fourth-order valence-corrected chi connectivity index (χ4v) is 1.73. The third kappa shape index (κ3) is 4.94. The summed E-state index contributed by atoms with van der Waals surface area (Å²) in [6.45, 7) is 4.74. The number of halogens is 3. The van der Waals surface area contributed by atoms with Crippen LogP contribution < -0.4 is 11.1 Å². The predicted octanol–water partition coefficient (Wildman–Crippen LogP) is 2.76. The van der Waals surface area contributed by atoms with Crippen LogP contribution in [0.4, 0.5) is 18.0 Å². The normalized spacial score (nSPS) is 13.4. The zero-order valence-electron chi connectivity index (χ0n) is 12.3. The predicted molar refractivity (Wildman–Crippen MR) is 72.7 cm³/mol.